The molecule has 9 heteroatoms. The third-order valence-electron chi connectivity index (χ3n) is 4.76. The van der Waals surface area contributed by atoms with Gasteiger partial charge in [-0.25, -0.2) is 4.79 Å². The van der Waals surface area contributed by atoms with Gasteiger partial charge in [-0.05, 0) is 43.7 Å². The fraction of sp³-hybridized carbons (Fsp3) is 0.217. The van der Waals surface area contributed by atoms with E-state index in [0.29, 0.717) is 18.1 Å². The zero-order valence-electron chi connectivity index (χ0n) is 17.8. The van der Waals surface area contributed by atoms with Gasteiger partial charge in [-0.1, -0.05) is 41.6 Å². The summed E-state index contributed by atoms with van der Waals surface area (Å²) in [6.07, 6.45) is 0.254. The summed E-state index contributed by atoms with van der Waals surface area (Å²) in [6.45, 7) is 4.59. The lowest BCUT2D eigenvalue weighted by molar-refractivity contribution is 0.340. The Morgan fingerprint density at radius 1 is 1.00 bits per heavy atom. The van der Waals surface area contributed by atoms with Gasteiger partial charge in [0, 0.05) is 29.6 Å². The van der Waals surface area contributed by atoms with Crippen molar-refractivity contribution in [3.63, 3.8) is 0 Å². The lowest BCUT2D eigenvalue weighted by atomic mass is 10.2. The van der Waals surface area contributed by atoms with E-state index in [1.807, 2.05) is 35.8 Å². The van der Waals surface area contributed by atoms with Crippen LogP contribution in [0.2, 0.25) is 0 Å². The number of hydrogen-bond acceptors (Lipinski definition) is 6. The molecule has 8 nitrogen and oxygen atoms in total. The number of rotatable bonds is 8. The smallest absolute Gasteiger partial charge is 0.325 e. The Morgan fingerprint density at radius 3 is 2.44 bits per heavy atom. The van der Waals surface area contributed by atoms with Crippen LogP contribution in [0.3, 0.4) is 0 Å². The molecule has 4 rings (SSSR count). The Balaban J connectivity index is 1.68. The highest BCUT2D eigenvalue weighted by Gasteiger charge is 2.16. The number of thioether (sulfide) groups is 1. The lowest BCUT2D eigenvalue weighted by Crippen LogP contribution is -2.23. The van der Waals surface area contributed by atoms with E-state index >= 15 is 0 Å². The summed E-state index contributed by atoms with van der Waals surface area (Å²) in [5.41, 5.74) is 2.73. The first-order chi connectivity index (χ1) is 15.5. The second-order valence-corrected chi connectivity index (χ2v) is 8.17. The summed E-state index contributed by atoms with van der Waals surface area (Å²) in [5.74, 6) is 2.12. The van der Waals surface area contributed by atoms with Gasteiger partial charge in [0.05, 0.1) is 6.61 Å². The number of ether oxygens (including phenoxy) is 1. The molecule has 0 amide bonds. The highest BCUT2D eigenvalue weighted by atomic mass is 32.2. The van der Waals surface area contributed by atoms with Crippen molar-refractivity contribution in [3.05, 3.63) is 98.1 Å². The molecule has 4 aromatic rings. The lowest BCUT2D eigenvalue weighted by Gasteiger charge is -2.11. The first-order valence-electron chi connectivity index (χ1n) is 10.2. The minimum atomic E-state index is -0.548. The van der Waals surface area contributed by atoms with Gasteiger partial charge in [0.25, 0.3) is 5.56 Å². The fourth-order valence-corrected chi connectivity index (χ4v) is 4.17. The molecule has 2 N–H and O–H groups in total. The van der Waals surface area contributed by atoms with E-state index in [-0.39, 0.29) is 6.42 Å². The van der Waals surface area contributed by atoms with Crippen LogP contribution in [0.15, 0.2) is 69.3 Å². The molecule has 32 heavy (non-hydrogen) atoms. The summed E-state index contributed by atoms with van der Waals surface area (Å²) in [7, 11) is 0. The van der Waals surface area contributed by atoms with Gasteiger partial charge in [0.15, 0.2) is 5.16 Å². The third-order valence-corrected chi connectivity index (χ3v) is 5.76. The first kappa shape index (κ1) is 21.6. The summed E-state index contributed by atoms with van der Waals surface area (Å²) < 4.78 is 7.49. The van der Waals surface area contributed by atoms with Crippen LogP contribution in [-0.4, -0.2) is 31.3 Å². The number of aryl methyl sites for hydroxylation is 1. The zero-order chi connectivity index (χ0) is 22.5. The van der Waals surface area contributed by atoms with Crippen molar-refractivity contribution in [1.82, 2.24) is 24.7 Å². The van der Waals surface area contributed by atoms with Gasteiger partial charge in [-0.2, -0.15) is 0 Å². The molecule has 2 heterocycles. The average molecular weight is 450 g/mol. The highest BCUT2D eigenvalue weighted by molar-refractivity contribution is 7.98. The van der Waals surface area contributed by atoms with Gasteiger partial charge in [-0.3, -0.25) is 14.3 Å². The van der Waals surface area contributed by atoms with E-state index in [0.717, 1.165) is 22.3 Å². The molecule has 0 aliphatic heterocycles. The standard InChI is InChI=1S/C23H23N5O3S/c1-3-31-19-10-8-18(9-11-19)28-20(12-17-13-21(29)25-22(30)24-17)26-27-23(28)32-14-16-6-4-15(2)5-7-16/h4-11,13H,3,12,14H2,1-2H3,(H2,24,25,29,30). The Bertz CT molecular complexity index is 1280. The largest absolute Gasteiger partial charge is 0.494 e. The van der Waals surface area contributed by atoms with Crippen LogP contribution in [-0.2, 0) is 12.2 Å². The first-order valence-corrected chi connectivity index (χ1v) is 11.2. The molecule has 164 valence electrons. The molecule has 0 saturated carbocycles. The number of H-pyrrole nitrogens is 2. The molecular weight excluding hydrogens is 426 g/mol. The zero-order valence-corrected chi connectivity index (χ0v) is 18.6. The Labute approximate surface area is 188 Å². The van der Waals surface area contributed by atoms with Crippen LogP contribution < -0.4 is 16.0 Å². The van der Waals surface area contributed by atoms with Crippen LogP contribution in [0, 0.1) is 6.92 Å². The minimum absolute atomic E-state index is 0.254. The summed E-state index contributed by atoms with van der Waals surface area (Å²) in [5, 5.41) is 9.47. The highest BCUT2D eigenvalue weighted by Crippen LogP contribution is 2.27. The van der Waals surface area contributed by atoms with Gasteiger partial charge in [0.1, 0.15) is 11.6 Å². The van der Waals surface area contributed by atoms with Crippen LogP contribution in [0.4, 0.5) is 0 Å². The molecule has 0 fully saturated rings. The van der Waals surface area contributed by atoms with Crippen LogP contribution >= 0.6 is 11.8 Å². The van der Waals surface area contributed by atoms with Crippen LogP contribution in [0.25, 0.3) is 5.69 Å². The molecule has 0 saturated heterocycles. The summed E-state index contributed by atoms with van der Waals surface area (Å²) in [4.78, 5) is 28.2. The molecule has 0 spiro atoms. The summed E-state index contributed by atoms with van der Waals surface area (Å²) in [6, 6.07) is 17.4. The van der Waals surface area contributed by atoms with Crippen molar-refractivity contribution >= 4 is 11.8 Å². The second-order valence-electron chi connectivity index (χ2n) is 7.23. The second kappa shape index (κ2) is 9.69. The van der Waals surface area contributed by atoms with E-state index in [2.05, 4.69) is 51.4 Å². The van der Waals surface area contributed by atoms with E-state index in [1.54, 1.807) is 11.8 Å². The minimum Gasteiger partial charge on any atom is -0.494 e. The van der Waals surface area contributed by atoms with E-state index in [1.165, 1.54) is 17.2 Å². The Hall–Kier alpha value is -3.59. The predicted octanol–water partition coefficient (Wildman–Crippen LogP) is 3.23. The van der Waals surface area contributed by atoms with Crippen LogP contribution in [0.5, 0.6) is 5.75 Å². The van der Waals surface area contributed by atoms with Crippen molar-refractivity contribution in [1.29, 1.82) is 0 Å². The average Bonchev–Trinajstić information content (AvgIpc) is 3.16. The molecular formula is C23H23N5O3S. The molecule has 0 aliphatic carbocycles. The fourth-order valence-electron chi connectivity index (χ4n) is 3.24. The Morgan fingerprint density at radius 2 is 1.75 bits per heavy atom. The number of hydrogen-bond donors (Lipinski definition) is 2. The monoisotopic (exact) mass is 449 g/mol. The van der Waals surface area contributed by atoms with Crippen molar-refractivity contribution in [2.75, 3.05) is 6.61 Å². The van der Waals surface area contributed by atoms with E-state index in [9.17, 15) is 9.59 Å². The SMILES string of the molecule is CCOc1ccc(-n2c(Cc3cc(=O)[nH]c(=O)[nH]3)nnc2SCc2ccc(C)cc2)cc1. The van der Waals surface area contributed by atoms with Gasteiger partial charge in [0.2, 0.25) is 0 Å². The normalized spacial score (nSPS) is 10.9. The number of nitrogens with zero attached hydrogens (tertiary/aromatic N) is 3. The Kier molecular flexibility index (Phi) is 6.55. The summed E-state index contributed by atoms with van der Waals surface area (Å²) >= 11 is 1.57. The number of aromatic amines is 2. The molecule has 0 aliphatic rings. The maximum absolute atomic E-state index is 11.7. The van der Waals surface area contributed by atoms with Crippen LogP contribution in [0.1, 0.15) is 29.6 Å². The molecule has 0 unspecified atom stereocenters. The van der Waals surface area contributed by atoms with E-state index in [4.69, 9.17) is 4.74 Å². The number of benzene rings is 2. The van der Waals surface area contributed by atoms with Gasteiger partial charge in [-0.15, -0.1) is 10.2 Å². The third kappa shape index (κ3) is 5.17. The molecule has 2 aromatic carbocycles. The molecule has 0 bridgehead atoms. The maximum Gasteiger partial charge on any atom is 0.325 e. The number of aromatic nitrogens is 5. The predicted molar refractivity (Wildman–Crippen MR) is 124 cm³/mol. The van der Waals surface area contributed by atoms with E-state index < -0.39 is 11.2 Å². The van der Waals surface area contributed by atoms with Gasteiger partial charge < -0.3 is 9.72 Å². The van der Waals surface area contributed by atoms with Crippen molar-refractivity contribution in [2.45, 2.75) is 31.2 Å². The molecule has 2 aromatic heterocycles. The van der Waals surface area contributed by atoms with Crippen molar-refractivity contribution < 1.29 is 4.74 Å². The topological polar surface area (TPSA) is 106 Å². The van der Waals surface area contributed by atoms with Crippen molar-refractivity contribution in [3.8, 4) is 11.4 Å². The number of nitrogens with one attached hydrogen (secondary N) is 2. The molecule has 0 radical (unpaired) electrons. The molecule has 0 atom stereocenters. The van der Waals surface area contributed by atoms with Gasteiger partial charge >= 0.3 is 5.69 Å². The maximum atomic E-state index is 11.7. The van der Waals surface area contributed by atoms with Crippen molar-refractivity contribution in [2.24, 2.45) is 0 Å². The quantitative estimate of drug-likeness (QED) is 0.400.